The monoisotopic (exact) mass is 254 g/mol. The Morgan fingerprint density at radius 3 is 2.84 bits per heavy atom. The first-order valence-electron chi connectivity index (χ1n) is 6.24. The molecular formula is C15H14N2O2. The summed E-state index contributed by atoms with van der Waals surface area (Å²) >= 11 is 0. The number of para-hydroxylation sites is 1. The van der Waals surface area contributed by atoms with Crippen molar-refractivity contribution in [2.45, 2.75) is 6.42 Å². The summed E-state index contributed by atoms with van der Waals surface area (Å²) in [5.41, 5.74) is 0.680. The quantitative estimate of drug-likeness (QED) is 0.834. The third-order valence-corrected chi connectivity index (χ3v) is 3.50. The standard InChI is InChI=1S/C15H14N2O2/c1-2-10-7-15(19)17(9-10)14-8-13(18)11-5-3-4-6-12(11)16-14/h2-6,8,10H,1,7,9H2,(H,16,18). The van der Waals surface area contributed by atoms with Crippen LogP contribution >= 0.6 is 0 Å². The summed E-state index contributed by atoms with van der Waals surface area (Å²) in [6.07, 6.45) is 2.25. The molecule has 4 nitrogen and oxygen atoms in total. The highest BCUT2D eigenvalue weighted by Crippen LogP contribution is 2.24. The second-order valence-corrected chi connectivity index (χ2v) is 4.77. The van der Waals surface area contributed by atoms with E-state index in [2.05, 4.69) is 11.6 Å². The SMILES string of the molecule is C=CC1CC(=O)N(c2cc(=O)c3ccccc3[nH]2)C1. The van der Waals surface area contributed by atoms with Gasteiger partial charge in [-0.25, -0.2) is 0 Å². The molecule has 19 heavy (non-hydrogen) atoms. The third kappa shape index (κ3) is 1.95. The summed E-state index contributed by atoms with van der Waals surface area (Å²) in [6.45, 7) is 4.30. The zero-order chi connectivity index (χ0) is 13.4. The van der Waals surface area contributed by atoms with Crippen LogP contribution in [0.5, 0.6) is 0 Å². The smallest absolute Gasteiger partial charge is 0.228 e. The molecule has 1 atom stereocenters. The summed E-state index contributed by atoms with van der Waals surface area (Å²) in [5.74, 6) is 0.747. The fourth-order valence-electron chi connectivity index (χ4n) is 2.45. The minimum Gasteiger partial charge on any atom is -0.341 e. The van der Waals surface area contributed by atoms with Crippen LogP contribution in [0.3, 0.4) is 0 Å². The van der Waals surface area contributed by atoms with E-state index in [1.807, 2.05) is 18.2 Å². The first-order valence-corrected chi connectivity index (χ1v) is 6.24. The van der Waals surface area contributed by atoms with Gasteiger partial charge in [0.2, 0.25) is 5.91 Å². The van der Waals surface area contributed by atoms with E-state index in [0.29, 0.717) is 24.2 Å². The third-order valence-electron chi connectivity index (χ3n) is 3.50. The van der Waals surface area contributed by atoms with E-state index in [4.69, 9.17) is 0 Å². The molecule has 1 aromatic carbocycles. The maximum atomic E-state index is 12.0. The molecule has 4 heteroatoms. The Kier molecular flexibility index (Phi) is 2.71. The van der Waals surface area contributed by atoms with Gasteiger partial charge < -0.3 is 4.98 Å². The van der Waals surface area contributed by atoms with Gasteiger partial charge in [0.1, 0.15) is 5.82 Å². The second kappa shape index (κ2) is 4.39. The minimum absolute atomic E-state index is 0.0239. The Hall–Kier alpha value is -2.36. The van der Waals surface area contributed by atoms with Crippen LogP contribution in [0.2, 0.25) is 0 Å². The lowest BCUT2D eigenvalue weighted by Crippen LogP contribution is -2.26. The minimum atomic E-state index is -0.0702. The highest BCUT2D eigenvalue weighted by Gasteiger charge is 2.29. The van der Waals surface area contributed by atoms with Crippen LogP contribution in [0.25, 0.3) is 10.9 Å². The van der Waals surface area contributed by atoms with Gasteiger partial charge in [0.05, 0.1) is 5.52 Å². The number of carbonyl (C=O) groups excluding carboxylic acids is 1. The molecule has 96 valence electrons. The zero-order valence-corrected chi connectivity index (χ0v) is 10.4. The number of hydrogen-bond acceptors (Lipinski definition) is 2. The van der Waals surface area contributed by atoms with Crippen LogP contribution in [0.4, 0.5) is 5.82 Å². The van der Waals surface area contributed by atoms with Gasteiger partial charge in [-0.3, -0.25) is 14.5 Å². The van der Waals surface area contributed by atoms with Crippen LogP contribution in [0, 0.1) is 5.92 Å². The van der Waals surface area contributed by atoms with Gasteiger partial charge >= 0.3 is 0 Å². The average molecular weight is 254 g/mol. The lowest BCUT2D eigenvalue weighted by molar-refractivity contribution is -0.117. The van der Waals surface area contributed by atoms with Gasteiger partial charge in [0.25, 0.3) is 0 Å². The first-order chi connectivity index (χ1) is 9.19. The molecular weight excluding hydrogens is 240 g/mol. The van der Waals surface area contributed by atoms with E-state index in [0.717, 1.165) is 5.52 Å². The summed E-state index contributed by atoms with van der Waals surface area (Å²) < 4.78 is 0. The molecule has 2 heterocycles. The van der Waals surface area contributed by atoms with Gasteiger partial charge in [-0.1, -0.05) is 18.2 Å². The Morgan fingerprint density at radius 2 is 2.11 bits per heavy atom. The van der Waals surface area contributed by atoms with Crippen molar-refractivity contribution < 1.29 is 4.79 Å². The number of amides is 1. The second-order valence-electron chi connectivity index (χ2n) is 4.77. The molecule has 1 aliphatic rings. The number of aromatic nitrogens is 1. The molecule has 0 aliphatic carbocycles. The number of fused-ring (bicyclic) bond motifs is 1. The van der Waals surface area contributed by atoms with E-state index in [1.54, 1.807) is 17.0 Å². The van der Waals surface area contributed by atoms with E-state index >= 15 is 0 Å². The van der Waals surface area contributed by atoms with Crippen LogP contribution in [-0.4, -0.2) is 17.4 Å². The molecule has 2 aromatic rings. The Labute approximate surface area is 110 Å². The van der Waals surface area contributed by atoms with Crippen molar-refractivity contribution in [3.05, 3.63) is 53.2 Å². The van der Waals surface area contributed by atoms with Crippen LogP contribution in [0.1, 0.15) is 6.42 Å². The van der Waals surface area contributed by atoms with Gasteiger partial charge in [0, 0.05) is 30.3 Å². The van der Waals surface area contributed by atoms with Crippen molar-refractivity contribution in [3.63, 3.8) is 0 Å². The number of anilines is 1. The van der Waals surface area contributed by atoms with Gasteiger partial charge in [-0.15, -0.1) is 6.58 Å². The number of aromatic amines is 1. The highest BCUT2D eigenvalue weighted by molar-refractivity contribution is 5.96. The van der Waals surface area contributed by atoms with Gasteiger partial charge in [-0.2, -0.15) is 0 Å². The number of pyridine rings is 1. The van der Waals surface area contributed by atoms with Crippen molar-refractivity contribution >= 4 is 22.6 Å². The summed E-state index contributed by atoms with van der Waals surface area (Å²) in [7, 11) is 0. The molecule has 1 aromatic heterocycles. The molecule has 1 unspecified atom stereocenters. The molecule has 1 fully saturated rings. The normalized spacial score (nSPS) is 19.1. The number of hydrogen-bond donors (Lipinski definition) is 1. The number of nitrogens with zero attached hydrogens (tertiary/aromatic N) is 1. The molecule has 0 bridgehead atoms. The zero-order valence-electron chi connectivity index (χ0n) is 10.4. The Bertz CT molecular complexity index is 717. The molecule has 1 saturated heterocycles. The molecule has 1 N–H and O–H groups in total. The van der Waals surface area contributed by atoms with E-state index in [1.165, 1.54) is 6.07 Å². The molecule has 0 spiro atoms. The molecule has 1 amide bonds. The number of H-pyrrole nitrogens is 1. The fraction of sp³-hybridized carbons (Fsp3) is 0.200. The number of carbonyl (C=O) groups is 1. The lowest BCUT2D eigenvalue weighted by atomic mass is 10.1. The predicted octanol–water partition coefficient (Wildman–Crippen LogP) is 2.07. The number of benzene rings is 1. The van der Waals surface area contributed by atoms with Crippen LogP contribution < -0.4 is 10.3 Å². The molecule has 0 radical (unpaired) electrons. The van der Waals surface area contributed by atoms with Crippen LogP contribution in [0.15, 0.2) is 47.8 Å². The van der Waals surface area contributed by atoms with Gasteiger partial charge in [-0.05, 0) is 12.1 Å². The highest BCUT2D eigenvalue weighted by atomic mass is 16.2. The van der Waals surface area contributed by atoms with Crippen molar-refractivity contribution in [2.24, 2.45) is 5.92 Å². The largest absolute Gasteiger partial charge is 0.341 e. The Morgan fingerprint density at radius 1 is 1.32 bits per heavy atom. The maximum absolute atomic E-state index is 12.0. The van der Waals surface area contributed by atoms with Crippen molar-refractivity contribution in [3.8, 4) is 0 Å². The molecule has 1 aliphatic heterocycles. The first kappa shape index (κ1) is 11.7. The van der Waals surface area contributed by atoms with Crippen molar-refractivity contribution in [2.75, 3.05) is 11.4 Å². The number of rotatable bonds is 2. The fourth-order valence-corrected chi connectivity index (χ4v) is 2.45. The average Bonchev–Trinajstić information content (AvgIpc) is 2.80. The number of nitrogens with one attached hydrogen (secondary N) is 1. The molecule has 0 saturated carbocycles. The van der Waals surface area contributed by atoms with Gasteiger partial charge in [0.15, 0.2) is 5.43 Å². The summed E-state index contributed by atoms with van der Waals surface area (Å²) in [4.78, 5) is 28.8. The van der Waals surface area contributed by atoms with Crippen LogP contribution in [-0.2, 0) is 4.79 Å². The van der Waals surface area contributed by atoms with Crippen molar-refractivity contribution in [1.82, 2.24) is 4.98 Å². The molecule has 3 rings (SSSR count). The maximum Gasteiger partial charge on any atom is 0.228 e. The Balaban J connectivity index is 2.09. The summed E-state index contributed by atoms with van der Waals surface area (Å²) in [6, 6.07) is 8.79. The predicted molar refractivity (Wildman–Crippen MR) is 75.2 cm³/mol. The summed E-state index contributed by atoms with van der Waals surface area (Å²) in [5, 5.41) is 0.637. The van der Waals surface area contributed by atoms with Crippen molar-refractivity contribution in [1.29, 1.82) is 0 Å². The van der Waals surface area contributed by atoms with E-state index in [-0.39, 0.29) is 17.3 Å². The lowest BCUT2D eigenvalue weighted by Gasteiger charge is -2.16. The van der Waals surface area contributed by atoms with E-state index < -0.39 is 0 Å². The van der Waals surface area contributed by atoms with E-state index in [9.17, 15) is 9.59 Å². The topological polar surface area (TPSA) is 53.2 Å².